The smallest absolute Gasteiger partial charge is 0.319 e. The molecular formula is C13H13N5O. The van der Waals surface area contributed by atoms with Crippen molar-refractivity contribution in [2.24, 2.45) is 0 Å². The Hall–Kier alpha value is -2.81. The minimum Gasteiger partial charge on any atom is -0.331 e. The lowest BCUT2D eigenvalue weighted by Crippen LogP contribution is -2.30. The molecule has 2 rings (SSSR count). The van der Waals surface area contributed by atoms with E-state index in [0.717, 1.165) is 5.56 Å². The molecule has 1 aromatic carbocycles. The average molecular weight is 255 g/mol. The number of amides is 2. The van der Waals surface area contributed by atoms with Crippen LogP contribution in [0.2, 0.25) is 0 Å². The van der Waals surface area contributed by atoms with Crippen LogP contribution in [0.4, 0.5) is 10.5 Å². The average Bonchev–Trinajstić information content (AvgIpc) is 2.93. The van der Waals surface area contributed by atoms with E-state index in [0.29, 0.717) is 11.3 Å². The maximum atomic E-state index is 11.8. The van der Waals surface area contributed by atoms with Crippen LogP contribution in [0, 0.1) is 11.3 Å². The molecule has 2 aromatic rings. The summed E-state index contributed by atoms with van der Waals surface area (Å²) in [5, 5.41) is 20.7. The second kappa shape index (κ2) is 5.69. The summed E-state index contributed by atoms with van der Waals surface area (Å²) in [4.78, 5) is 11.8. The van der Waals surface area contributed by atoms with Crippen LogP contribution < -0.4 is 10.6 Å². The van der Waals surface area contributed by atoms with Crippen molar-refractivity contribution in [3.8, 4) is 6.07 Å². The van der Waals surface area contributed by atoms with Crippen molar-refractivity contribution in [3.05, 3.63) is 47.8 Å². The van der Waals surface area contributed by atoms with Crippen molar-refractivity contribution in [1.29, 1.82) is 5.26 Å². The highest BCUT2D eigenvalue weighted by atomic mass is 16.2. The van der Waals surface area contributed by atoms with Gasteiger partial charge in [-0.05, 0) is 31.2 Å². The minimum atomic E-state index is -0.307. The van der Waals surface area contributed by atoms with Crippen LogP contribution in [0.25, 0.3) is 0 Å². The van der Waals surface area contributed by atoms with Gasteiger partial charge in [-0.25, -0.2) is 4.79 Å². The summed E-state index contributed by atoms with van der Waals surface area (Å²) >= 11 is 0. The first-order valence-corrected chi connectivity index (χ1v) is 5.75. The predicted octanol–water partition coefficient (Wildman–Crippen LogP) is 2.16. The topological polar surface area (TPSA) is 93.6 Å². The monoisotopic (exact) mass is 255 g/mol. The fraction of sp³-hybridized carbons (Fsp3) is 0.154. The van der Waals surface area contributed by atoms with Gasteiger partial charge in [0.1, 0.15) is 0 Å². The number of hydrogen-bond acceptors (Lipinski definition) is 3. The number of aromatic amines is 1. The maximum absolute atomic E-state index is 11.8. The fourth-order valence-electron chi connectivity index (χ4n) is 1.57. The van der Waals surface area contributed by atoms with E-state index >= 15 is 0 Å². The number of anilines is 1. The van der Waals surface area contributed by atoms with Gasteiger partial charge in [0.05, 0.1) is 23.9 Å². The van der Waals surface area contributed by atoms with Crippen LogP contribution >= 0.6 is 0 Å². The van der Waals surface area contributed by atoms with Crippen molar-refractivity contribution in [3.63, 3.8) is 0 Å². The van der Waals surface area contributed by atoms with E-state index in [1.807, 2.05) is 13.0 Å². The normalized spacial score (nSPS) is 11.4. The van der Waals surface area contributed by atoms with E-state index in [4.69, 9.17) is 5.26 Å². The summed E-state index contributed by atoms with van der Waals surface area (Å²) in [6.45, 7) is 1.86. The van der Waals surface area contributed by atoms with E-state index < -0.39 is 0 Å². The first-order chi connectivity index (χ1) is 9.19. The molecule has 1 aromatic heterocycles. The van der Waals surface area contributed by atoms with Crippen LogP contribution in [0.5, 0.6) is 0 Å². The van der Waals surface area contributed by atoms with Gasteiger partial charge in [0.25, 0.3) is 0 Å². The number of nitriles is 1. The SMILES string of the molecule is C[C@H](NC(=O)Nc1ccc(C#N)cc1)c1cn[nH]c1. The maximum Gasteiger partial charge on any atom is 0.319 e. The highest BCUT2D eigenvalue weighted by molar-refractivity contribution is 5.89. The van der Waals surface area contributed by atoms with E-state index in [1.54, 1.807) is 36.7 Å². The standard InChI is InChI=1S/C13H13N5O/c1-9(11-7-15-16-8-11)17-13(19)18-12-4-2-10(6-14)3-5-12/h2-5,7-9H,1H3,(H,15,16)(H2,17,18,19)/t9-/m0/s1. The lowest BCUT2D eigenvalue weighted by molar-refractivity contribution is 0.249. The van der Waals surface area contributed by atoms with Gasteiger partial charge in [-0.1, -0.05) is 0 Å². The molecule has 0 spiro atoms. The summed E-state index contributed by atoms with van der Waals surface area (Å²) < 4.78 is 0. The third kappa shape index (κ3) is 3.33. The zero-order valence-electron chi connectivity index (χ0n) is 10.3. The van der Waals surface area contributed by atoms with E-state index in [2.05, 4.69) is 20.8 Å². The fourth-order valence-corrected chi connectivity index (χ4v) is 1.57. The summed E-state index contributed by atoms with van der Waals surface area (Å²) in [7, 11) is 0. The van der Waals surface area contributed by atoms with Crippen LogP contribution in [-0.4, -0.2) is 16.2 Å². The molecule has 0 aliphatic carbocycles. The molecule has 96 valence electrons. The number of rotatable bonds is 3. The second-order valence-electron chi connectivity index (χ2n) is 4.04. The van der Waals surface area contributed by atoms with Gasteiger partial charge >= 0.3 is 6.03 Å². The lowest BCUT2D eigenvalue weighted by atomic mass is 10.2. The Morgan fingerprint density at radius 3 is 2.74 bits per heavy atom. The van der Waals surface area contributed by atoms with Crippen molar-refractivity contribution in [2.75, 3.05) is 5.32 Å². The molecule has 0 radical (unpaired) electrons. The molecule has 0 unspecified atom stereocenters. The molecule has 0 aliphatic heterocycles. The second-order valence-corrected chi connectivity index (χ2v) is 4.04. The number of carbonyl (C=O) groups is 1. The minimum absolute atomic E-state index is 0.142. The highest BCUT2D eigenvalue weighted by Gasteiger charge is 2.10. The van der Waals surface area contributed by atoms with Crippen LogP contribution in [0.1, 0.15) is 24.1 Å². The number of nitrogens with one attached hydrogen (secondary N) is 3. The van der Waals surface area contributed by atoms with Gasteiger partial charge in [-0.3, -0.25) is 5.10 Å². The number of H-pyrrole nitrogens is 1. The van der Waals surface area contributed by atoms with Gasteiger partial charge < -0.3 is 10.6 Å². The summed E-state index contributed by atoms with van der Waals surface area (Å²) in [6, 6.07) is 8.23. The molecule has 1 atom stereocenters. The molecule has 1 heterocycles. The molecule has 0 saturated heterocycles. The summed E-state index contributed by atoms with van der Waals surface area (Å²) in [5.74, 6) is 0. The Morgan fingerprint density at radius 2 is 2.16 bits per heavy atom. The van der Waals surface area contributed by atoms with Gasteiger partial charge in [0, 0.05) is 17.4 Å². The number of aromatic nitrogens is 2. The molecular weight excluding hydrogens is 242 g/mol. The van der Waals surface area contributed by atoms with Crippen LogP contribution in [0.15, 0.2) is 36.7 Å². The number of benzene rings is 1. The number of hydrogen-bond donors (Lipinski definition) is 3. The van der Waals surface area contributed by atoms with Crippen molar-refractivity contribution in [2.45, 2.75) is 13.0 Å². The molecule has 0 bridgehead atoms. The molecule has 19 heavy (non-hydrogen) atoms. The third-order valence-corrected chi connectivity index (χ3v) is 2.64. The van der Waals surface area contributed by atoms with Crippen molar-refractivity contribution in [1.82, 2.24) is 15.5 Å². The third-order valence-electron chi connectivity index (χ3n) is 2.64. The molecule has 0 aliphatic rings. The van der Waals surface area contributed by atoms with E-state index in [-0.39, 0.29) is 12.1 Å². The lowest BCUT2D eigenvalue weighted by Gasteiger charge is -2.13. The number of carbonyl (C=O) groups excluding carboxylic acids is 1. The highest BCUT2D eigenvalue weighted by Crippen LogP contribution is 2.11. The first kappa shape index (κ1) is 12.6. The van der Waals surface area contributed by atoms with Gasteiger partial charge in [-0.15, -0.1) is 0 Å². The van der Waals surface area contributed by atoms with Gasteiger partial charge in [0.2, 0.25) is 0 Å². The summed E-state index contributed by atoms with van der Waals surface area (Å²) in [5.41, 5.74) is 2.09. The zero-order chi connectivity index (χ0) is 13.7. The molecule has 3 N–H and O–H groups in total. The Kier molecular flexibility index (Phi) is 3.78. The van der Waals surface area contributed by atoms with Gasteiger partial charge in [-0.2, -0.15) is 10.4 Å². The number of urea groups is 1. The van der Waals surface area contributed by atoms with Gasteiger partial charge in [0.15, 0.2) is 0 Å². The Balaban J connectivity index is 1.92. The van der Waals surface area contributed by atoms with E-state index in [9.17, 15) is 4.79 Å². The van der Waals surface area contributed by atoms with E-state index in [1.165, 1.54) is 0 Å². The van der Waals surface area contributed by atoms with Crippen molar-refractivity contribution >= 4 is 11.7 Å². The Labute approximate surface area is 110 Å². The number of nitrogens with zero attached hydrogens (tertiary/aromatic N) is 2. The van der Waals surface area contributed by atoms with Crippen LogP contribution in [-0.2, 0) is 0 Å². The molecule has 6 nitrogen and oxygen atoms in total. The first-order valence-electron chi connectivity index (χ1n) is 5.75. The largest absolute Gasteiger partial charge is 0.331 e. The van der Waals surface area contributed by atoms with Crippen molar-refractivity contribution < 1.29 is 4.79 Å². The molecule has 0 fully saturated rings. The summed E-state index contributed by atoms with van der Waals surface area (Å²) in [6.07, 6.45) is 3.39. The molecule has 2 amide bonds. The Bertz CT molecular complexity index is 582. The molecule has 0 saturated carbocycles. The quantitative estimate of drug-likeness (QED) is 0.784. The zero-order valence-corrected chi connectivity index (χ0v) is 10.3. The molecule has 6 heteroatoms. The predicted molar refractivity (Wildman–Crippen MR) is 70.3 cm³/mol. The van der Waals surface area contributed by atoms with Crippen LogP contribution in [0.3, 0.4) is 0 Å². The Morgan fingerprint density at radius 1 is 1.42 bits per heavy atom.